The number of hydrogen-bond acceptors (Lipinski definition) is 6. The summed E-state index contributed by atoms with van der Waals surface area (Å²) >= 11 is 4.25. The molecule has 0 aliphatic rings. The van der Waals surface area contributed by atoms with E-state index in [-0.39, 0.29) is 8.22 Å². The fourth-order valence-electron chi connectivity index (χ4n) is 4.46. The molecule has 6 nitrogen and oxygen atoms in total. The molecule has 0 amide bonds. The van der Waals surface area contributed by atoms with Gasteiger partial charge in [0.25, 0.3) is 0 Å². The molecule has 0 aliphatic carbocycles. The van der Waals surface area contributed by atoms with Gasteiger partial charge in [0.2, 0.25) is 0 Å². The quantitative estimate of drug-likeness (QED) is 0.0605. The van der Waals surface area contributed by atoms with E-state index in [4.69, 9.17) is 18.9 Å². The van der Waals surface area contributed by atoms with Gasteiger partial charge < -0.3 is 18.9 Å². The van der Waals surface area contributed by atoms with Gasteiger partial charge in [-0.15, -0.1) is 0 Å². The van der Waals surface area contributed by atoms with Crippen LogP contribution in [-0.4, -0.2) is 20.5 Å². The highest BCUT2D eigenvalue weighted by molar-refractivity contribution is 14.1. The Bertz CT molecular complexity index is 1160. The van der Waals surface area contributed by atoms with E-state index in [9.17, 15) is 9.59 Å². The van der Waals surface area contributed by atoms with Gasteiger partial charge in [-0.3, -0.25) is 0 Å². The van der Waals surface area contributed by atoms with E-state index in [1.165, 1.54) is 0 Å². The number of rotatable bonds is 12. The molecule has 206 valence electrons. The van der Waals surface area contributed by atoms with Crippen LogP contribution in [-0.2, 0) is 22.3 Å². The Morgan fingerprint density at radius 2 is 1.08 bits per heavy atom. The van der Waals surface area contributed by atoms with Crippen LogP contribution >= 0.6 is 45.2 Å². The maximum absolute atomic E-state index is 12.9. The predicted octanol–water partition coefficient (Wildman–Crippen LogP) is 10.1. The number of hydrogen-bond donors (Lipinski definition) is 0. The molecule has 0 saturated carbocycles. The molecule has 2 atom stereocenters. The van der Waals surface area contributed by atoms with Crippen molar-refractivity contribution in [2.75, 3.05) is 0 Å². The second-order valence-electron chi connectivity index (χ2n) is 9.09. The SMILES string of the molecule is CCCCC(I)OC(=O)Oc1c2cccc(CC)c2c(OC(=O)OC(I)CCCC)c2cccc(CC)c12. The Hall–Kier alpha value is -1.82. The fourth-order valence-corrected chi connectivity index (χ4v) is 5.75. The number of fused-ring (bicyclic) bond motifs is 2. The number of carbonyl (C=O) groups is 2. The molecular formula is C30H36I2O6. The lowest BCUT2D eigenvalue weighted by molar-refractivity contribution is 0.0905. The van der Waals surface area contributed by atoms with Crippen LogP contribution in [0.3, 0.4) is 0 Å². The topological polar surface area (TPSA) is 71.1 Å². The van der Waals surface area contributed by atoms with E-state index in [0.29, 0.717) is 35.1 Å². The van der Waals surface area contributed by atoms with Crippen LogP contribution in [0.5, 0.6) is 11.5 Å². The fraction of sp³-hybridized carbons (Fsp3) is 0.467. The lowest BCUT2D eigenvalue weighted by atomic mass is 9.93. The van der Waals surface area contributed by atoms with E-state index in [1.807, 2.05) is 50.2 Å². The van der Waals surface area contributed by atoms with Crippen LogP contribution in [0.4, 0.5) is 9.59 Å². The maximum atomic E-state index is 12.9. The Kier molecular flexibility index (Phi) is 12.2. The van der Waals surface area contributed by atoms with Crippen molar-refractivity contribution < 1.29 is 28.5 Å². The molecule has 8 heteroatoms. The van der Waals surface area contributed by atoms with E-state index >= 15 is 0 Å². The van der Waals surface area contributed by atoms with Gasteiger partial charge >= 0.3 is 12.3 Å². The number of ether oxygens (including phenoxy) is 4. The van der Waals surface area contributed by atoms with Crippen LogP contribution in [0.15, 0.2) is 36.4 Å². The maximum Gasteiger partial charge on any atom is 0.514 e. The summed E-state index contributed by atoms with van der Waals surface area (Å²) in [5, 5.41) is 2.83. The summed E-state index contributed by atoms with van der Waals surface area (Å²) in [4.78, 5) is 25.9. The average Bonchev–Trinajstić information content (AvgIpc) is 2.91. The molecule has 3 aromatic carbocycles. The van der Waals surface area contributed by atoms with Crippen LogP contribution in [0.2, 0.25) is 0 Å². The highest BCUT2D eigenvalue weighted by Crippen LogP contribution is 2.46. The first-order chi connectivity index (χ1) is 18.3. The molecule has 3 rings (SSSR count). The number of halogens is 2. The summed E-state index contributed by atoms with van der Waals surface area (Å²) in [5.41, 5.74) is 1.94. The standard InChI is InChI=1S/C30H36I2O6/c1-5-9-17-23(31)35-29(33)37-27-21-15-11-14-20(8-4)26(21)28(22-16-12-13-19(7-3)25(22)27)38-30(34)36-24(32)18-10-6-2/h11-16,23-24H,5-10,17-18H2,1-4H3. The summed E-state index contributed by atoms with van der Waals surface area (Å²) in [7, 11) is 0. The lowest BCUT2D eigenvalue weighted by Gasteiger charge is -2.20. The molecule has 0 bridgehead atoms. The van der Waals surface area contributed by atoms with Crippen molar-refractivity contribution >= 4 is 79.0 Å². The molecule has 0 heterocycles. The summed E-state index contributed by atoms with van der Waals surface area (Å²) in [6.07, 6.45) is 5.41. The molecule has 0 aromatic heterocycles. The zero-order chi connectivity index (χ0) is 27.7. The largest absolute Gasteiger partial charge is 0.514 e. The third-order valence-corrected chi connectivity index (χ3v) is 8.15. The number of alkyl halides is 2. The third-order valence-electron chi connectivity index (χ3n) is 6.39. The first kappa shape index (κ1) is 30.7. The first-order valence-electron chi connectivity index (χ1n) is 13.4. The molecule has 2 unspecified atom stereocenters. The Morgan fingerprint density at radius 3 is 1.42 bits per heavy atom. The van der Waals surface area contributed by atoms with Crippen molar-refractivity contribution in [1.29, 1.82) is 0 Å². The summed E-state index contributed by atoms with van der Waals surface area (Å²) in [6, 6.07) is 11.6. The van der Waals surface area contributed by atoms with Gasteiger partial charge in [-0.25, -0.2) is 9.59 Å². The summed E-state index contributed by atoms with van der Waals surface area (Å²) in [5.74, 6) is 0.838. The predicted molar refractivity (Wildman–Crippen MR) is 169 cm³/mol. The zero-order valence-corrected chi connectivity index (χ0v) is 26.8. The second-order valence-corrected chi connectivity index (χ2v) is 11.9. The molecule has 0 radical (unpaired) electrons. The van der Waals surface area contributed by atoms with Gasteiger partial charge in [-0.05, 0) is 94.8 Å². The van der Waals surface area contributed by atoms with Crippen molar-refractivity contribution in [3.63, 3.8) is 0 Å². The third kappa shape index (κ3) is 7.64. The Labute approximate surface area is 252 Å². The van der Waals surface area contributed by atoms with Crippen molar-refractivity contribution in [2.45, 2.75) is 87.3 Å². The van der Waals surface area contributed by atoms with Gasteiger partial charge in [-0.2, -0.15) is 0 Å². The van der Waals surface area contributed by atoms with E-state index in [0.717, 1.165) is 60.4 Å². The van der Waals surface area contributed by atoms with E-state index in [1.54, 1.807) is 0 Å². The summed E-state index contributed by atoms with van der Waals surface area (Å²) in [6.45, 7) is 8.28. The normalized spacial score (nSPS) is 12.8. The van der Waals surface area contributed by atoms with Gasteiger partial charge in [0, 0.05) is 21.5 Å². The first-order valence-corrected chi connectivity index (χ1v) is 15.9. The molecule has 0 spiro atoms. The number of aryl methyl sites for hydroxylation is 2. The average molecular weight is 746 g/mol. The van der Waals surface area contributed by atoms with Gasteiger partial charge in [0.05, 0.1) is 0 Å². The Balaban J connectivity index is 2.15. The number of unbranched alkanes of at least 4 members (excludes halogenated alkanes) is 2. The lowest BCUT2D eigenvalue weighted by Crippen LogP contribution is -2.18. The minimum Gasteiger partial charge on any atom is -0.420 e. The smallest absolute Gasteiger partial charge is 0.420 e. The van der Waals surface area contributed by atoms with Crippen molar-refractivity contribution in [3.8, 4) is 11.5 Å². The van der Waals surface area contributed by atoms with E-state index < -0.39 is 12.3 Å². The van der Waals surface area contributed by atoms with Crippen LogP contribution in [0, 0.1) is 0 Å². The molecule has 3 aromatic rings. The molecular weight excluding hydrogens is 710 g/mol. The molecule has 0 saturated heterocycles. The number of carbonyl (C=O) groups excluding carboxylic acids is 2. The molecule has 38 heavy (non-hydrogen) atoms. The monoisotopic (exact) mass is 746 g/mol. The van der Waals surface area contributed by atoms with Crippen LogP contribution < -0.4 is 9.47 Å². The van der Waals surface area contributed by atoms with Gasteiger partial charge in [0.15, 0.2) is 19.7 Å². The minimum absolute atomic E-state index is 0.277. The highest BCUT2D eigenvalue weighted by atomic mass is 127. The Morgan fingerprint density at radius 1 is 0.684 bits per heavy atom. The highest BCUT2D eigenvalue weighted by Gasteiger charge is 2.25. The van der Waals surface area contributed by atoms with Crippen molar-refractivity contribution in [3.05, 3.63) is 47.5 Å². The van der Waals surface area contributed by atoms with Crippen LogP contribution in [0.1, 0.15) is 77.3 Å². The number of benzene rings is 3. The van der Waals surface area contributed by atoms with Crippen molar-refractivity contribution in [2.24, 2.45) is 0 Å². The van der Waals surface area contributed by atoms with Crippen LogP contribution in [0.25, 0.3) is 21.5 Å². The molecule has 0 aliphatic heterocycles. The van der Waals surface area contributed by atoms with E-state index in [2.05, 4.69) is 59.0 Å². The second kappa shape index (κ2) is 15.1. The minimum atomic E-state index is -0.743. The van der Waals surface area contributed by atoms with Gasteiger partial charge in [0.1, 0.15) is 0 Å². The zero-order valence-electron chi connectivity index (χ0n) is 22.5. The summed E-state index contributed by atoms with van der Waals surface area (Å²) < 4.78 is 22.5. The molecule has 0 fully saturated rings. The van der Waals surface area contributed by atoms with Gasteiger partial charge in [-0.1, -0.05) is 76.9 Å². The van der Waals surface area contributed by atoms with Crippen molar-refractivity contribution in [1.82, 2.24) is 0 Å². The molecule has 0 N–H and O–H groups in total.